The number of hydrogen-bond acceptors (Lipinski definition) is 5. The highest BCUT2D eigenvalue weighted by atomic mass is 32.2. The van der Waals surface area contributed by atoms with Crippen molar-refractivity contribution in [2.24, 2.45) is 14.1 Å². The summed E-state index contributed by atoms with van der Waals surface area (Å²) in [6.07, 6.45) is 6.04. The van der Waals surface area contributed by atoms with Crippen LogP contribution in [0.15, 0.2) is 51.7 Å². The average Bonchev–Trinajstić information content (AvgIpc) is 3.23. The van der Waals surface area contributed by atoms with Gasteiger partial charge in [0, 0.05) is 32.6 Å². The summed E-state index contributed by atoms with van der Waals surface area (Å²) in [5.41, 5.74) is 1.27. The largest absolute Gasteiger partial charge is 0.332 e. The Morgan fingerprint density at radius 2 is 2.00 bits per heavy atom. The fraction of sp³-hybridized carbons (Fsp3) is 0.294. The summed E-state index contributed by atoms with van der Waals surface area (Å²) in [5, 5.41) is 0.905. The molecular formula is C17H18N6O2S. The Labute approximate surface area is 152 Å². The number of fused-ring (bicyclic) bond motifs is 2. The third kappa shape index (κ3) is 2.64. The Morgan fingerprint density at radius 1 is 1.15 bits per heavy atom. The van der Waals surface area contributed by atoms with Crippen LogP contribution in [-0.4, -0.2) is 33.8 Å². The molecule has 0 bridgehead atoms. The van der Waals surface area contributed by atoms with Crippen LogP contribution >= 0.6 is 11.8 Å². The normalized spacial score (nSPS) is 11.6. The third-order valence-electron chi connectivity index (χ3n) is 4.36. The summed E-state index contributed by atoms with van der Waals surface area (Å²) in [7, 11) is 3.39. The van der Waals surface area contributed by atoms with Crippen LogP contribution < -0.4 is 11.2 Å². The summed E-state index contributed by atoms with van der Waals surface area (Å²) in [6, 6.07) is 5.94. The molecule has 0 spiro atoms. The second kappa shape index (κ2) is 6.49. The lowest BCUT2D eigenvalue weighted by Gasteiger charge is -2.08. The smallest absolute Gasteiger partial charge is 0.328 e. The molecule has 0 aromatic carbocycles. The molecule has 0 aliphatic carbocycles. The van der Waals surface area contributed by atoms with Crippen molar-refractivity contribution in [3.05, 3.63) is 57.8 Å². The number of nitrogens with zero attached hydrogens (tertiary/aromatic N) is 6. The predicted octanol–water partition coefficient (Wildman–Crippen LogP) is 1.26. The minimum Gasteiger partial charge on any atom is -0.328 e. The van der Waals surface area contributed by atoms with Crippen molar-refractivity contribution < 1.29 is 0 Å². The molecule has 4 rings (SSSR count). The number of rotatable bonds is 5. The Morgan fingerprint density at radius 3 is 2.85 bits per heavy atom. The Balaban J connectivity index is 1.52. The quantitative estimate of drug-likeness (QED) is 0.390. The van der Waals surface area contributed by atoms with Gasteiger partial charge in [-0.2, -0.15) is 0 Å². The van der Waals surface area contributed by atoms with Crippen LogP contribution in [0.1, 0.15) is 6.42 Å². The van der Waals surface area contributed by atoms with Crippen molar-refractivity contribution in [3.63, 3.8) is 0 Å². The Hall–Kier alpha value is -2.81. The van der Waals surface area contributed by atoms with E-state index in [1.54, 1.807) is 36.8 Å². The van der Waals surface area contributed by atoms with Gasteiger partial charge in [0.25, 0.3) is 5.56 Å². The van der Waals surface area contributed by atoms with Gasteiger partial charge < -0.3 is 4.57 Å². The first-order valence-electron chi connectivity index (χ1n) is 8.23. The van der Waals surface area contributed by atoms with Gasteiger partial charge in [-0.3, -0.25) is 18.3 Å². The molecule has 0 saturated carbocycles. The average molecular weight is 370 g/mol. The van der Waals surface area contributed by atoms with Crippen LogP contribution in [0, 0.1) is 0 Å². The van der Waals surface area contributed by atoms with Crippen LogP contribution in [0.25, 0.3) is 16.7 Å². The van der Waals surface area contributed by atoms with Crippen molar-refractivity contribution in [2.75, 3.05) is 5.75 Å². The van der Waals surface area contributed by atoms with Crippen molar-refractivity contribution >= 4 is 28.4 Å². The van der Waals surface area contributed by atoms with Gasteiger partial charge >= 0.3 is 5.69 Å². The molecule has 0 atom stereocenters. The Kier molecular flexibility index (Phi) is 4.15. The molecule has 26 heavy (non-hydrogen) atoms. The van der Waals surface area contributed by atoms with Crippen molar-refractivity contribution in [2.45, 2.75) is 18.1 Å². The van der Waals surface area contributed by atoms with Gasteiger partial charge in [-0.1, -0.05) is 17.8 Å². The zero-order valence-electron chi connectivity index (χ0n) is 14.5. The first-order chi connectivity index (χ1) is 12.6. The lowest BCUT2D eigenvalue weighted by atomic mass is 10.4. The highest BCUT2D eigenvalue weighted by Gasteiger charge is 2.14. The van der Waals surface area contributed by atoms with Crippen LogP contribution in [-0.2, 0) is 20.6 Å². The van der Waals surface area contributed by atoms with Crippen LogP contribution in [0.4, 0.5) is 0 Å². The number of hydrogen-bond donors (Lipinski definition) is 0. The molecule has 8 nitrogen and oxygen atoms in total. The van der Waals surface area contributed by atoms with Gasteiger partial charge in [0.2, 0.25) is 0 Å². The highest BCUT2D eigenvalue weighted by Crippen LogP contribution is 2.19. The topological polar surface area (TPSA) is 79.1 Å². The fourth-order valence-electron chi connectivity index (χ4n) is 3.01. The van der Waals surface area contributed by atoms with Crippen molar-refractivity contribution in [1.29, 1.82) is 0 Å². The monoisotopic (exact) mass is 370 g/mol. The third-order valence-corrected chi connectivity index (χ3v) is 5.42. The van der Waals surface area contributed by atoms with Crippen LogP contribution in [0.3, 0.4) is 0 Å². The first kappa shape index (κ1) is 16.6. The zero-order chi connectivity index (χ0) is 18.3. The van der Waals surface area contributed by atoms with E-state index in [-0.39, 0.29) is 11.2 Å². The van der Waals surface area contributed by atoms with E-state index < -0.39 is 0 Å². The molecule has 0 amide bonds. The maximum Gasteiger partial charge on any atom is 0.332 e. The summed E-state index contributed by atoms with van der Waals surface area (Å²) >= 11 is 1.61. The Bertz CT molecular complexity index is 1220. The van der Waals surface area contributed by atoms with Gasteiger partial charge in [-0.05, 0) is 18.6 Å². The van der Waals surface area contributed by atoms with Gasteiger partial charge in [0.1, 0.15) is 0 Å². The van der Waals surface area contributed by atoms with E-state index >= 15 is 0 Å². The lowest BCUT2D eigenvalue weighted by molar-refractivity contribution is 0.594. The minimum atomic E-state index is -0.336. The molecule has 0 aliphatic heterocycles. The molecule has 0 N–H and O–H groups in total. The first-order valence-corrected chi connectivity index (χ1v) is 9.22. The maximum atomic E-state index is 12.6. The van der Waals surface area contributed by atoms with Gasteiger partial charge in [0.15, 0.2) is 16.3 Å². The van der Waals surface area contributed by atoms with Crippen LogP contribution in [0.2, 0.25) is 0 Å². The molecule has 9 heteroatoms. The summed E-state index contributed by atoms with van der Waals surface area (Å²) in [4.78, 5) is 33.7. The summed E-state index contributed by atoms with van der Waals surface area (Å²) in [6.45, 7) is 0.364. The second-order valence-corrected chi connectivity index (χ2v) is 7.13. The molecule has 4 aromatic heterocycles. The summed E-state index contributed by atoms with van der Waals surface area (Å²) in [5.74, 6) is 0.757. The molecule has 0 aliphatic rings. The molecule has 134 valence electrons. The van der Waals surface area contributed by atoms with Gasteiger partial charge in [-0.25, -0.2) is 14.8 Å². The zero-order valence-corrected chi connectivity index (χ0v) is 15.3. The summed E-state index contributed by atoms with van der Waals surface area (Å²) < 4.78 is 6.39. The number of pyridine rings is 1. The number of thioether (sulfide) groups is 1. The van der Waals surface area contributed by atoms with E-state index in [0.29, 0.717) is 24.1 Å². The number of aryl methyl sites for hydroxylation is 2. The minimum absolute atomic E-state index is 0.292. The molecule has 0 unspecified atom stereocenters. The van der Waals surface area contributed by atoms with E-state index in [4.69, 9.17) is 0 Å². The lowest BCUT2D eigenvalue weighted by Crippen LogP contribution is -2.39. The fourth-order valence-corrected chi connectivity index (χ4v) is 3.89. The van der Waals surface area contributed by atoms with Crippen LogP contribution in [0.5, 0.6) is 0 Å². The van der Waals surface area contributed by atoms with E-state index in [1.165, 1.54) is 9.13 Å². The van der Waals surface area contributed by atoms with Gasteiger partial charge in [-0.15, -0.1) is 0 Å². The number of aromatic nitrogens is 6. The number of imidazole rings is 2. The van der Waals surface area contributed by atoms with E-state index in [2.05, 4.69) is 9.97 Å². The van der Waals surface area contributed by atoms with E-state index in [9.17, 15) is 9.59 Å². The highest BCUT2D eigenvalue weighted by molar-refractivity contribution is 7.99. The predicted molar refractivity (Wildman–Crippen MR) is 101 cm³/mol. The standard InChI is InChI=1S/C17H18N6O2S/c1-20-11-19-14-13(20)15(24)23(17(25)21(14)2)8-5-9-26-16-18-10-12-6-3-4-7-22(12)16/h3-4,6-7,10-11H,5,8-9H2,1-2H3. The van der Waals surface area contributed by atoms with Crippen molar-refractivity contribution in [1.82, 2.24) is 28.1 Å². The second-order valence-electron chi connectivity index (χ2n) is 6.06. The molecule has 4 heterocycles. The van der Waals surface area contributed by atoms with Gasteiger partial charge in [0.05, 0.1) is 18.0 Å². The maximum absolute atomic E-state index is 12.6. The molecule has 0 saturated heterocycles. The molecule has 0 radical (unpaired) electrons. The molecule has 0 fully saturated rings. The van der Waals surface area contributed by atoms with E-state index in [0.717, 1.165) is 16.4 Å². The molecule has 4 aromatic rings. The van der Waals surface area contributed by atoms with Crippen molar-refractivity contribution in [3.8, 4) is 0 Å². The SMILES string of the molecule is Cn1cnc2c1c(=O)n(CCCSc1ncc3ccccn13)c(=O)n2C. The van der Waals surface area contributed by atoms with E-state index in [1.807, 2.05) is 35.0 Å². The molecular weight excluding hydrogens is 352 g/mol.